The molecule has 19 heavy (non-hydrogen) atoms. The number of aromatic nitrogens is 1. The van der Waals surface area contributed by atoms with Gasteiger partial charge in [0.25, 0.3) is 0 Å². The molecule has 0 unspecified atom stereocenters. The number of ether oxygens (including phenoxy) is 2. The number of pyridine rings is 1. The Morgan fingerprint density at radius 2 is 1.95 bits per heavy atom. The minimum Gasteiger partial charge on any atom is -0.475 e. The van der Waals surface area contributed by atoms with E-state index in [1.54, 1.807) is 0 Å². The molecule has 0 radical (unpaired) electrons. The lowest BCUT2D eigenvalue weighted by atomic mass is 10.2. The molecular weight excluding hydrogens is 261 g/mol. The van der Waals surface area contributed by atoms with Gasteiger partial charge in [0, 0.05) is 12.7 Å². The molecule has 1 heterocycles. The molecule has 4 nitrogen and oxygen atoms in total. The highest BCUT2D eigenvalue weighted by atomic mass is 19.4. The molecule has 1 rings (SSSR count). The molecule has 0 aliphatic heterocycles. The van der Waals surface area contributed by atoms with E-state index in [2.05, 4.69) is 4.98 Å². The summed E-state index contributed by atoms with van der Waals surface area (Å²) in [6, 6.07) is 1.58. The van der Waals surface area contributed by atoms with Crippen molar-refractivity contribution in [2.75, 3.05) is 25.6 Å². The van der Waals surface area contributed by atoms with Crippen molar-refractivity contribution < 1.29 is 22.6 Å². The summed E-state index contributed by atoms with van der Waals surface area (Å²) >= 11 is 0. The van der Waals surface area contributed by atoms with E-state index in [9.17, 15) is 13.2 Å². The molecule has 0 aliphatic carbocycles. The Balaban J connectivity index is 2.52. The fourth-order valence-corrected chi connectivity index (χ4v) is 1.29. The maximum Gasteiger partial charge on any atom is 0.416 e. The van der Waals surface area contributed by atoms with Crippen LogP contribution < -0.4 is 10.5 Å². The van der Waals surface area contributed by atoms with Crippen LogP contribution in [0.2, 0.25) is 0 Å². The van der Waals surface area contributed by atoms with Gasteiger partial charge in [0.15, 0.2) is 0 Å². The maximum absolute atomic E-state index is 12.5. The smallest absolute Gasteiger partial charge is 0.416 e. The van der Waals surface area contributed by atoms with Crippen LogP contribution in [0.15, 0.2) is 12.1 Å². The number of nitrogens with two attached hydrogens (primary N) is 1. The Kier molecular flexibility index (Phi) is 5.41. The van der Waals surface area contributed by atoms with Gasteiger partial charge in [-0.05, 0) is 12.0 Å². The number of alkyl halides is 3. The van der Waals surface area contributed by atoms with Crippen molar-refractivity contribution >= 4 is 5.82 Å². The summed E-state index contributed by atoms with van der Waals surface area (Å²) in [6.45, 7) is 4.98. The molecule has 0 amide bonds. The number of rotatable bonds is 6. The van der Waals surface area contributed by atoms with Gasteiger partial charge < -0.3 is 15.2 Å². The van der Waals surface area contributed by atoms with Crippen molar-refractivity contribution in [3.8, 4) is 5.88 Å². The molecule has 108 valence electrons. The number of hydrogen-bond acceptors (Lipinski definition) is 4. The monoisotopic (exact) mass is 278 g/mol. The Morgan fingerprint density at radius 1 is 1.26 bits per heavy atom. The topological polar surface area (TPSA) is 57.4 Å². The Labute approximate surface area is 109 Å². The molecular formula is C12H17F3N2O2. The third kappa shape index (κ3) is 5.78. The number of anilines is 1. The normalized spacial score (nSPS) is 11.9. The molecule has 0 atom stereocenters. The molecule has 0 saturated heterocycles. The van der Waals surface area contributed by atoms with Crippen molar-refractivity contribution in [3.05, 3.63) is 17.7 Å². The molecule has 1 aromatic heterocycles. The largest absolute Gasteiger partial charge is 0.475 e. The van der Waals surface area contributed by atoms with E-state index >= 15 is 0 Å². The summed E-state index contributed by atoms with van der Waals surface area (Å²) in [4.78, 5) is 3.68. The summed E-state index contributed by atoms with van der Waals surface area (Å²) in [5.74, 6) is 0.00993. The molecule has 0 fully saturated rings. The Morgan fingerprint density at radius 3 is 2.53 bits per heavy atom. The fourth-order valence-electron chi connectivity index (χ4n) is 1.29. The summed E-state index contributed by atoms with van der Waals surface area (Å²) in [6.07, 6.45) is -4.47. The van der Waals surface area contributed by atoms with E-state index in [0.717, 1.165) is 12.1 Å². The molecule has 0 saturated carbocycles. The van der Waals surface area contributed by atoms with Crippen LogP contribution in [0.1, 0.15) is 19.4 Å². The van der Waals surface area contributed by atoms with Gasteiger partial charge in [0.1, 0.15) is 12.4 Å². The van der Waals surface area contributed by atoms with E-state index in [4.69, 9.17) is 15.2 Å². The molecule has 0 spiro atoms. The van der Waals surface area contributed by atoms with Crippen molar-refractivity contribution in [1.82, 2.24) is 4.98 Å². The quantitative estimate of drug-likeness (QED) is 0.813. The molecule has 1 aromatic rings. The van der Waals surface area contributed by atoms with Crippen LogP contribution in [0.25, 0.3) is 0 Å². The number of halogens is 3. The van der Waals surface area contributed by atoms with E-state index < -0.39 is 11.7 Å². The van der Waals surface area contributed by atoms with Crippen molar-refractivity contribution in [3.63, 3.8) is 0 Å². The predicted octanol–water partition coefficient (Wildman–Crippen LogP) is 2.73. The van der Waals surface area contributed by atoms with Crippen molar-refractivity contribution in [1.29, 1.82) is 0 Å². The second-order valence-corrected chi connectivity index (χ2v) is 4.43. The second-order valence-electron chi connectivity index (χ2n) is 4.43. The summed E-state index contributed by atoms with van der Waals surface area (Å²) in [5, 5.41) is 0. The molecule has 2 N–H and O–H groups in total. The number of nitrogen functional groups attached to an aromatic ring is 1. The first-order valence-corrected chi connectivity index (χ1v) is 5.84. The lowest BCUT2D eigenvalue weighted by Gasteiger charge is -2.11. The van der Waals surface area contributed by atoms with Crippen LogP contribution in [0.3, 0.4) is 0 Å². The zero-order valence-corrected chi connectivity index (χ0v) is 10.8. The van der Waals surface area contributed by atoms with Crippen LogP contribution in [-0.2, 0) is 10.9 Å². The first-order chi connectivity index (χ1) is 8.79. The van der Waals surface area contributed by atoms with Gasteiger partial charge in [-0.2, -0.15) is 18.2 Å². The van der Waals surface area contributed by atoms with Gasteiger partial charge in [-0.3, -0.25) is 0 Å². The highest BCUT2D eigenvalue weighted by Gasteiger charge is 2.31. The minimum absolute atomic E-state index is 0.125. The van der Waals surface area contributed by atoms with Gasteiger partial charge >= 0.3 is 6.18 Å². The first kappa shape index (κ1) is 15.6. The van der Waals surface area contributed by atoms with E-state index in [1.807, 2.05) is 13.8 Å². The van der Waals surface area contributed by atoms with E-state index in [0.29, 0.717) is 12.5 Å². The standard InChI is InChI=1S/C12H17F3N2O2/c1-8(2)7-18-3-4-19-11-6-9(12(13,14)15)5-10(16)17-11/h5-6,8H,3-4,7H2,1-2H3,(H2,16,17). The van der Waals surface area contributed by atoms with Crippen LogP contribution in [-0.4, -0.2) is 24.8 Å². The van der Waals surface area contributed by atoms with Crippen LogP contribution >= 0.6 is 0 Å². The van der Waals surface area contributed by atoms with Gasteiger partial charge in [-0.25, -0.2) is 0 Å². The Hall–Kier alpha value is -1.50. The Bertz CT molecular complexity index is 408. The lowest BCUT2D eigenvalue weighted by Crippen LogP contribution is -2.12. The first-order valence-electron chi connectivity index (χ1n) is 5.84. The highest BCUT2D eigenvalue weighted by Crippen LogP contribution is 2.31. The van der Waals surface area contributed by atoms with Crippen molar-refractivity contribution in [2.45, 2.75) is 20.0 Å². The van der Waals surface area contributed by atoms with Gasteiger partial charge in [0.05, 0.1) is 12.2 Å². The summed E-state index contributed by atoms with van der Waals surface area (Å²) in [7, 11) is 0. The van der Waals surface area contributed by atoms with Crippen LogP contribution in [0.5, 0.6) is 5.88 Å². The zero-order valence-electron chi connectivity index (χ0n) is 10.8. The molecule has 0 bridgehead atoms. The minimum atomic E-state index is -4.47. The maximum atomic E-state index is 12.5. The van der Waals surface area contributed by atoms with E-state index in [-0.39, 0.29) is 24.9 Å². The average Bonchev–Trinajstić information content (AvgIpc) is 2.26. The average molecular weight is 278 g/mol. The number of hydrogen-bond donors (Lipinski definition) is 1. The summed E-state index contributed by atoms with van der Waals surface area (Å²) in [5.41, 5.74) is 4.43. The SMILES string of the molecule is CC(C)COCCOc1cc(C(F)(F)F)cc(N)n1. The third-order valence-corrected chi connectivity index (χ3v) is 2.08. The zero-order chi connectivity index (χ0) is 14.5. The third-order valence-electron chi connectivity index (χ3n) is 2.08. The highest BCUT2D eigenvalue weighted by molar-refractivity contribution is 5.38. The van der Waals surface area contributed by atoms with E-state index in [1.165, 1.54) is 0 Å². The molecule has 0 aromatic carbocycles. The van der Waals surface area contributed by atoms with Crippen LogP contribution in [0.4, 0.5) is 19.0 Å². The fraction of sp³-hybridized carbons (Fsp3) is 0.583. The van der Waals surface area contributed by atoms with Crippen LogP contribution in [0, 0.1) is 5.92 Å². The molecule has 0 aliphatic rings. The second kappa shape index (κ2) is 6.60. The predicted molar refractivity (Wildman–Crippen MR) is 64.8 cm³/mol. The van der Waals surface area contributed by atoms with Gasteiger partial charge in [-0.15, -0.1) is 0 Å². The number of nitrogens with zero attached hydrogens (tertiary/aromatic N) is 1. The van der Waals surface area contributed by atoms with Crippen molar-refractivity contribution in [2.24, 2.45) is 5.92 Å². The molecule has 7 heteroatoms. The summed E-state index contributed by atoms with van der Waals surface area (Å²) < 4.78 is 47.9. The van der Waals surface area contributed by atoms with Gasteiger partial charge in [-0.1, -0.05) is 13.8 Å². The van der Waals surface area contributed by atoms with Gasteiger partial charge in [0.2, 0.25) is 5.88 Å². The lowest BCUT2D eigenvalue weighted by molar-refractivity contribution is -0.137.